The van der Waals surface area contributed by atoms with Gasteiger partial charge in [0.05, 0.1) is 0 Å². The zero-order chi connectivity index (χ0) is 18.2. The highest BCUT2D eigenvalue weighted by atomic mass is 16.5. The van der Waals surface area contributed by atoms with Crippen molar-refractivity contribution < 1.29 is 19.4 Å². The summed E-state index contributed by atoms with van der Waals surface area (Å²) >= 11 is 0. The molecule has 4 nitrogen and oxygen atoms in total. The summed E-state index contributed by atoms with van der Waals surface area (Å²) in [5, 5.41) is 9.49. The summed E-state index contributed by atoms with van der Waals surface area (Å²) in [6, 6.07) is 0. The molecule has 0 aromatic carbocycles. The van der Waals surface area contributed by atoms with Gasteiger partial charge in [-0.2, -0.15) is 0 Å². The van der Waals surface area contributed by atoms with Crippen molar-refractivity contribution in [2.75, 3.05) is 6.61 Å². The maximum absolute atomic E-state index is 13.5. The monoisotopic (exact) mass is 350 g/mol. The van der Waals surface area contributed by atoms with Gasteiger partial charge in [-0.15, -0.1) is 0 Å². The van der Waals surface area contributed by atoms with Gasteiger partial charge in [0, 0.05) is 24.9 Å². The highest BCUT2D eigenvalue weighted by molar-refractivity contribution is 5.88. The van der Waals surface area contributed by atoms with Crippen LogP contribution in [-0.2, 0) is 14.3 Å². The van der Waals surface area contributed by atoms with Crippen molar-refractivity contribution in [1.82, 2.24) is 0 Å². The molecule has 0 spiro atoms. The van der Waals surface area contributed by atoms with Gasteiger partial charge in [0.15, 0.2) is 0 Å². The molecule has 0 aliphatic heterocycles. The predicted molar refractivity (Wildman–Crippen MR) is 95.9 cm³/mol. The van der Waals surface area contributed by atoms with Crippen molar-refractivity contribution in [3.8, 4) is 0 Å². The van der Waals surface area contributed by atoms with Gasteiger partial charge in [-0.3, -0.25) is 9.59 Å². The van der Waals surface area contributed by atoms with Crippen molar-refractivity contribution in [3.63, 3.8) is 0 Å². The van der Waals surface area contributed by atoms with Gasteiger partial charge in [-0.1, -0.05) is 20.3 Å². The summed E-state index contributed by atoms with van der Waals surface area (Å²) in [5.74, 6) is 1.18. The molecule has 0 aromatic rings. The van der Waals surface area contributed by atoms with Crippen molar-refractivity contribution >= 4 is 11.8 Å². The second kappa shape index (κ2) is 7.02. The fourth-order valence-corrected chi connectivity index (χ4v) is 6.29. The van der Waals surface area contributed by atoms with Crippen LogP contribution in [0.3, 0.4) is 0 Å². The minimum atomic E-state index is -0.248. The fraction of sp³-hybridized carbons (Fsp3) is 0.905. The Hall–Kier alpha value is -0.900. The van der Waals surface area contributed by atoms with E-state index >= 15 is 0 Å². The van der Waals surface area contributed by atoms with Gasteiger partial charge >= 0.3 is 5.97 Å². The molecule has 1 N–H and O–H groups in total. The number of rotatable bonds is 4. The topological polar surface area (TPSA) is 63.6 Å². The molecule has 0 bridgehead atoms. The summed E-state index contributed by atoms with van der Waals surface area (Å²) in [5.41, 5.74) is -0.129. The molecule has 3 aliphatic rings. The van der Waals surface area contributed by atoms with E-state index in [1.807, 2.05) is 0 Å². The van der Waals surface area contributed by atoms with Crippen molar-refractivity contribution in [2.45, 2.75) is 84.7 Å². The normalized spacial score (nSPS) is 44.4. The highest BCUT2D eigenvalue weighted by Gasteiger charge is 2.55. The average Bonchev–Trinajstić information content (AvgIpc) is 2.91. The quantitative estimate of drug-likeness (QED) is 0.781. The molecule has 3 fully saturated rings. The minimum Gasteiger partial charge on any atom is -0.463 e. The molecule has 142 valence electrons. The number of carbonyl (C=O) groups is 2. The molecule has 0 aromatic heterocycles. The Bertz CT molecular complexity index is 530. The molecule has 0 amide bonds. The van der Waals surface area contributed by atoms with Crippen LogP contribution in [0.25, 0.3) is 0 Å². The maximum atomic E-state index is 13.5. The molecule has 0 saturated heterocycles. The Labute approximate surface area is 151 Å². The molecule has 3 aliphatic carbocycles. The third-order valence-corrected chi connectivity index (χ3v) is 7.82. The van der Waals surface area contributed by atoms with E-state index in [0.717, 1.165) is 51.4 Å². The number of aliphatic hydroxyl groups is 1. The number of carbonyl (C=O) groups excluding carboxylic acids is 2. The van der Waals surface area contributed by atoms with E-state index in [2.05, 4.69) is 13.8 Å². The molecule has 0 radical (unpaired) electrons. The van der Waals surface area contributed by atoms with Crippen LogP contribution in [-0.4, -0.2) is 29.6 Å². The van der Waals surface area contributed by atoms with Crippen molar-refractivity contribution in [3.05, 3.63) is 0 Å². The van der Waals surface area contributed by atoms with E-state index in [1.165, 1.54) is 13.3 Å². The van der Waals surface area contributed by atoms with Crippen LogP contribution in [0.5, 0.6) is 0 Å². The summed E-state index contributed by atoms with van der Waals surface area (Å²) in [6.07, 6.45) is 8.78. The number of ether oxygens (including phenoxy) is 1. The van der Waals surface area contributed by atoms with Gasteiger partial charge in [0.2, 0.25) is 0 Å². The standard InChI is InChI=1S/C21H34O4/c1-14(23)25-16-8-10-21(3)15(13-16)6-7-17(19(21)24)18-5-4-9-20(18,2)11-12-22/h15-18,22H,4-13H2,1-3H3/t15-,16-,17?,18?,20-,21-/m0/s1. The summed E-state index contributed by atoms with van der Waals surface area (Å²) in [4.78, 5) is 24.8. The predicted octanol–water partition coefficient (Wildman–Crippen LogP) is 3.89. The minimum absolute atomic E-state index is 0.00828. The van der Waals surface area contributed by atoms with Gasteiger partial charge in [-0.05, 0) is 68.6 Å². The van der Waals surface area contributed by atoms with E-state index in [4.69, 9.17) is 4.74 Å². The summed E-state index contributed by atoms with van der Waals surface area (Å²) in [6.45, 7) is 6.13. The van der Waals surface area contributed by atoms with Gasteiger partial charge in [0.25, 0.3) is 0 Å². The van der Waals surface area contributed by atoms with Crippen LogP contribution in [0.15, 0.2) is 0 Å². The first kappa shape index (κ1) is 18.9. The largest absolute Gasteiger partial charge is 0.463 e. The Morgan fingerprint density at radius 3 is 2.64 bits per heavy atom. The van der Waals surface area contributed by atoms with Gasteiger partial charge < -0.3 is 9.84 Å². The Balaban J connectivity index is 1.74. The van der Waals surface area contributed by atoms with E-state index < -0.39 is 0 Å². The maximum Gasteiger partial charge on any atom is 0.302 e. The molecule has 0 heterocycles. The lowest BCUT2D eigenvalue weighted by atomic mass is 9.53. The SMILES string of the molecule is CC(=O)O[C@H]1CC[C@]2(C)C(=O)C(C3CCC[C@@]3(C)CCO)CC[C@H]2C1. The van der Waals surface area contributed by atoms with E-state index in [1.54, 1.807) is 0 Å². The molecule has 2 unspecified atom stereocenters. The first-order valence-electron chi connectivity index (χ1n) is 10.1. The Kier molecular flexibility index (Phi) is 5.30. The third-order valence-electron chi connectivity index (χ3n) is 7.82. The fourth-order valence-electron chi connectivity index (χ4n) is 6.29. The number of Topliss-reactive ketones (excluding diaryl/α,β-unsaturated/α-hetero) is 1. The lowest BCUT2D eigenvalue weighted by molar-refractivity contribution is -0.158. The summed E-state index contributed by atoms with van der Waals surface area (Å²) in [7, 11) is 0. The number of hydrogen-bond acceptors (Lipinski definition) is 4. The van der Waals surface area contributed by atoms with E-state index in [9.17, 15) is 14.7 Å². The third kappa shape index (κ3) is 3.39. The first-order chi connectivity index (χ1) is 11.8. The van der Waals surface area contributed by atoms with E-state index in [-0.39, 0.29) is 35.4 Å². The number of fused-ring (bicyclic) bond motifs is 1. The van der Waals surface area contributed by atoms with Crippen LogP contribution in [0, 0.1) is 28.6 Å². The summed E-state index contributed by atoms with van der Waals surface area (Å²) < 4.78 is 5.43. The molecule has 3 rings (SSSR count). The number of aliphatic hydroxyl groups excluding tert-OH is 1. The Morgan fingerprint density at radius 1 is 1.20 bits per heavy atom. The highest BCUT2D eigenvalue weighted by Crippen LogP contribution is 2.57. The van der Waals surface area contributed by atoms with Gasteiger partial charge in [-0.25, -0.2) is 0 Å². The van der Waals surface area contributed by atoms with Crippen molar-refractivity contribution in [1.29, 1.82) is 0 Å². The number of ketones is 1. The van der Waals surface area contributed by atoms with Crippen molar-refractivity contribution in [2.24, 2.45) is 28.6 Å². The van der Waals surface area contributed by atoms with Crippen LogP contribution >= 0.6 is 0 Å². The van der Waals surface area contributed by atoms with Crippen LogP contribution < -0.4 is 0 Å². The zero-order valence-electron chi connectivity index (χ0n) is 16.1. The lowest BCUT2D eigenvalue weighted by Gasteiger charge is -2.50. The molecule has 3 saturated carbocycles. The number of esters is 1. The second-order valence-electron chi connectivity index (χ2n) is 9.29. The van der Waals surface area contributed by atoms with Crippen LogP contribution in [0.4, 0.5) is 0 Å². The lowest BCUT2D eigenvalue weighted by Crippen LogP contribution is -2.51. The van der Waals surface area contributed by atoms with Crippen LogP contribution in [0.2, 0.25) is 0 Å². The smallest absolute Gasteiger partial charge is 0.302 e. The molecule has 6 atom stereocenters. The number of hydrogen-bond donors (Lipinski definition) is 1. The van der Waals surface area contributed by atoms with Gasteiger partial charge in [0.1, 0.15) is 11.9 Å². The van der Waals surface area contributed by atoms with Crippen LogP contribution in [0.1, 0.15) is 78.6 Å². The average molecular weight is 350 g/mol. The molecular formula is C21H34O4. The molecule has 25 heavy (non-hydrogen) atoms. The zero-order valence-corrected chi connectivity index (χ0v) is 16.1. The Morgan fingerprint density at radius 2 is 1.96 bits per heavy atom. The van der Waals surface area contributed by atoms with E-state index in [0.29, 0.717) is 17.6 Å². The first-order valence-corrected chi connectivity index (χ1v) is 10.1. The molecule has 4 heteroatoms. The second-order valence-corrected chi connectivity index (χ2v) is 9.29. The molecular weight excluding hydrogens is 316 g/mol.